The molecule has 1 N–H and O–H groups in total. The van der Waals surface area contributed by atoms with Crippen molar-refractivity contribution in [3.05, 3.63) is 45.7 Å². The third kappa shape index (κ3) is 3.62. The Morgan fingerprint density at radius 1 is 1.25 bits per heavy atom. The summed E-state index contributed by atoms with van der Waals surface area (Å²) in [7, 11) is 0. The minimum atomic E-state index is 0.720. The molecule has 0 atom stereocenters. The highest BCUT2D eigenvalue weighted by Crippen LogP contribution is 2.24. The van der Waals surface area contributed by atoms with Gasteiger partial charge >= 0.3 is 0 Å². The molecule has 4 rings (SSSR count). The molecule has 0 saturated heterocycles. The van der Waals surface area contributed by atoms with Crippen LogP contribution in [-0.4, -0.2) is 36.1 Å². The molecule has 4 heterocycles. The van der Waals surface area contributed by atoms with Gasteiger partial charge in [0.25, 0.3) is 0 Å². The molecule has 2 aliphatic heterocycles. The van der Waals surface area contributed by atoms with Crippen molar-refractivity contribution in [1.82, 2.24) is 9.88 Å². The monoisotopic (exact) mass is 341 g/mol. The summed E-state index contributed by atoms with van der Waals surface area (Å²) in [6, 6.07) is 6.30. The number of anilines is 1. The van der Waals surface area contributed by atoms with Crippen LogP contribution in [0.4, 0.5) is 5.82 Å². The average Bonchev–Trinajstić information content (AvgIpc) is 3.09. The molecule has 2 aliphatic rings. The number of fused-ring (bicyclic) bond motifs is 2. The van der Waals surface area contributed by atoms with E-state index in [0.29, 0.717) is 0 Å². The van der Waals surface area contributed by atoms with E-state index < -0.39 is 0 Å². The Morgan fingerprint density at radius 2 is 2.25 bits per heavy atom. The molecule has 0 spiro atoms. The number of nitrogens with zero attached hydrogens (tertiary/aromatic N) is 2. The van der Waals surface area contributed by atoms with Crippen molar-refractivity contribution in [3.8, 4) is 5.88 Å². The summed E-state index contributed by atoms with van der Waals surface area (Å²) >= 11 is 1.90. The predicted octanol–water partition coefficient (Wildman–Crippen LogP) is 3.80. The standard InChI is InChI=1S/C19H23N3OS/c1(10-22-11-7-15-8-13-24-17(15)14-22)2-12-23-18-6-5-16-4-3-9-20-19(16)21-18/h3-6,8,13H,1-2,7,9-12,14H2,(H,20,21). The summed E-state index contributed by atoms with van der Waals surface area (Å²) in [4.78, 5) is 8.64. The molecule has 2 aromatic heterocycles. The SMILES string of the molecule is C1=Cc2ccc(OCCCCN3CCc4ccsc4C3)nc2NC1. The molecule has 4 nitrogen and oxygen atoms in total. The molecular weight excluding hydrogens is 318 g/mol. The second-order valence-corrected chi connectivity index (χ2v) is 7.32. The van der Waals surface area contributed by atoms with Gasteiger partial charge < -0.3 is 10.1 Å². The van der Waals surface area contributed by atoms with Crippen LogP contribution in [0, 0.1) is 0 Å². The predicted molar refractivity (Wildman–Crippen MR) is 99.8 cm³/mol. The van der Waals surface area contributed by atoms with E-state index in [1.54, 1.807) is 10.4 Å². The molecule has 0 aromatic carbocycles. The van der Waals surface area contributed by atoms with Gasteiger partial charge in [0.1, 0.15) is 5.82 Å². The largest absolute Gasteiger partial charge is 0.478 e. The first-order valence-corrected chi connectivity index (χ1v) is 9.58. The van der Waals surface area contributed by atoms with Crippen LogP contribution in [0.25, 0.3) is 6.08 Å². The van der Waals surface area contributed by atoms with Crippen LogP contribution in [0.2, 0.25) is 0 Å². The van der Waals surface area contributed by atoms with E-state index in [1.807, 2.05) is 17.4 Å². The van der Waals surface area contributed by atoms with Crippen molar-refractivity contribution in [3.63, 3.8) is 0 Å². The molecule has 0 radical (unpaired) electrons. The number of pyridine rings is 1. The fourth-order valence-corrected chi connectivity index (χ4v) is 4.22. The maximum absolute atomic E-state index is 5.81. The normalized spacial score (nSPS) is 16.3. The minimum absolute atomic E-state index is 0.720. The molecular formula is C19H23N3OS. The van der Waals surface area contributed by atoms with Crippen molar-refractivity contribution in [2.75, 3.05) is 31.6 Å². The number of ether oxygens (including phenoxy) is 1. The second kappa shape index (κ2) is 7.36. The molecule has 0 fully saturated rings. The Bertz CT molecular complexity index is 725. The third-order valence-electron chi connectivity index (χ3n) is 4.61. The zero-order valence-corrected chi connectivity index (χ0v) is 14.6. The first-order chi connectivity index (χ1) is 11.9. The summed E-state index contributed by atoms with van der Waals surface area (Å²) in [5, 5.41) is 5.49. The molecule has 2 aromatic rings. The van der Waals surface area contributed by atoms with Crippen molar-refractivity contribution in [2.45, 2.75) is 25.8 Å². The highest BCUT2D eigenvalue weighted by molar-refractivity contribution is 7.10. The van der Waals surface area contributed by atoms with E-state index >= 15 is 0 Å². The molecule has 0 saturated carbocycles. The topological polar surface area (TPSA) is 37.4 Å². The van der Waals surface area contributed by atoms with Crippen LogP contribution in [0.1, 0.15) is 28.8 Å². The van der Waals surface area contributed by atoms with Gasteiger partial charge in [-0.2, -0.15) is 4.98 Å². The van der Waals surface area contributed by atoms with E-state index in [9.17, 15) is 0 Å². The maximum Gasteiger partial charge on any atom is 0.215 e. The fraction of sp³-hybridized carbons (Fsp3) is 0.421. The summed E-state index contributed by atoms with van der Waals surface area (Å²) in [6.45, 7) is 5.05. The van der Waals surface area contributed by atoms with Gasteiger partial charge in [-0.25, -0.2) is 0 Å². The van der Waals surface area contributed by atoms with Crippen molar-refractivity contribution in [2.24, 2.45) is 0 Å². The Labute approximate surface area is 147 Å². The van der Waals surface area contributed by atoms with Crippen LogP contribution >= 0.6 is 11.3 Å². The van der Waals surface area contributed by atoms with Crippen LogP contribution in [-0.2, 0) is 13.0 Å². The van der Waals surface area contributed by atoms with E-state index in [0.717, 1.165) is 49.9 Å². The van der Waals surface area contributed by atoms with E-state index in [4.69, 9.17) is 4.74 Å². The minimum Gasteiger partial charge on any atom is -0.478 e. The molecule has 126 valence electrons. The number of nitrogens with one attached hydrogen (secondary N) is 1. The van der Waals surface area contributed by atoms with Crippen LogP contribution in [0.5, 0.6) is 5.88 Å². The van der Waals surface area contributed by atoms with Crippen LogP contribution in [0.15, 0.2) is 29.7 Å². The zero-order valence-electron chi connectivity index (χ0n) is 13.8. The quantitative estimate of drug-likeness (QED) is 0.811. The van der Waals surface area contributed by atoms with Gasteiger partial charge in [-0.15, -0.1) is 11.3 Å². The average molecular weight is 341 g/mol. The molecule has 0 bridgehead atoms. The first-order valence-electron chi connectivity index (χ1n) is 8.70. The number of rotatable bonds is 6. The van der Waals surface area contributed by atoms with Crippen molar-refractivity contribution < 1.29 is 4.74 Å². The van der Waals surface area contributed by atoms with Crippen LogP contribution in [0.3, 0.4) is 0 Å². The third-order valence-corrected chi connectivity index (χ3v) is 5.55. The number of hydrogen-bond acceptors (Lipinski definition) is 5. The van der Waals surface area contributed by atoms with E-state index in [2.05, 4.69) is 44.9 Å². The van der Waals surface area contributed by atoms with Gasteiger partial charge in [-0.1, -0.05) is 12.2 Å². The summed E-state index contributed by atoms with van der Waals surface area (Å²) < 4.78 is 5.81. The second-order valence-electron chi connectivity index (χ2n) is 6.32. The Hall–Kier alpha value is -1.85. The molecule has 5 heteroatoms. The number of unbranched alkanes of at least 4 members (excludes halogenated alkanes) is 1. The van der Waals surface area contributed by atoms with Gasteiger partial charge in [-0.05, 0) is 48.9 Å². The van der Waals surface area contributed by atoms with Gasteiger partial charge in [-0.3, -0.25) is 4.90 Å². The zero-order chi connectivity index (χ0) is 16.2. The highest BCUT2D eigenvalue weighted by atomic mass is 32.1. The van der Waals surface area contributed by atoms with Crippen molar-refractivity contribution in [1.29, 1.82) is 0 Å². The molecule has 0 aliphatic carbocycles. The molecule has 24 heavy (non-hydrogen) atoms. The first kappa shape index (κ1) is 15.7. The molecule has 0 unspecified atom stereocenters. The lowest BCUT2D eigenvalue weighted by Gasteiger charge is -2.26. The van der Waals surface area contributed by atoms with Gasteiger partial charge in [0.15, 0.2) is 0 Å². The Morgan fingerprint density at radius 3 is 3.25 bits per heavy atom. The van der Waals surface area contributed by atoms with Gasteiger partial charge in [0.2, 0.25) is 5.88 Å². The van der Waals surface area contributed by atoms with E-state index in [1.165, 1.54) is 19.4 Å². The lowest BCUT2D eigenvalue weighted by molar-refractivity contribution is 0.235. The smallest absolute Gasteiger partial charge is 0.215 e. The number of thiophene rings is 1. The lowest BCUT2D eigenvalue weighted by Crippen LogP contribution is -2.30. The van der Waals surface area contributed by atoms with Gasteiger partial charge in [0, 0.05) is 36.1 Å². The Balaban J connectivity index is 1.18. The summed E-state index contributed by atoms with van der Waals surface area (Å²) in [6.07, 6.45) is 7.65. The van der Waals surface area contributed by atoms with Crippen molar-refractivity contribution >= 4 is 23.2 Å². The highest BCUT2D eigenvalue weighted by Gasteiger charge is 2.16. The van der Waals surface area contributed by atoms with E-state index in [-0.39, 0.29) is 0 Å². The summed E-state index contributed by atoms with van der Waals surface area (Å²) in [5.74, 6) is 1.65. The fourth-order valence-electron chi connectivity index (χ4n) is 3.24. The number of aromatic nitrogens is 1. The van der Waals surface area contributed by atoms with Gasteiger partial charge in [0.05, 0.1) is 6.61 Å². The number of hydrogen-bond donors (Lipinski definition) is 1. The molecule has 0 amide bonds. The summed E-state index contributed by atoms with van der Waals surface area (Å²) in [5.41, 5.74) is 2.69. The Kier molecular flexibility index (Phi) is 4.81. The lowest BCUT2D eigenvalue weighted by atomic mass is 10.1. The maximum atomic E-state index is 5.81. The van der Waals surface area contributed by atoms with Crippen LogP contribution < -0.4 is 10.1 Å².